The zero-order chi connectivity index (χ0) is 14.7. The molecule has 2 amide bonds. The maximum absolute atomic E-state index is 12.4. The van der Waals surface area contributed by atoms with Crippen molar-refractivity contribution in [3.63, 3.8) is 0 Å². The van der Waals surface area contributed by atoms with Crippen LogP contribution in [0, 0.1) is 3.57 Å². The first-order valence-corrected chi connectivity index (χ1v) is 7.99. The van der Waals surface area contributed by atoms with Crippen LogP contribution in [0.25, 0.3) is 0 Å². The van der Waals surface area contributed by atoms with Gasteiger partial charge in [-0.3, -0.25) is 9.59 Å². The van der Waals surface area contributed by atoms with Crippen molar-refractivity contribution in [3.8, 4) is 0 Å². The highest BCUT2D eigenvalue weighted by Gasteiger charge is 2.27. The topological polar surface area (TPSA) is 40.6 Å². The average Bonchev–Trinajstić information content (AvgIpc) is 2.46. The second-order valence-electron chi connectivity index (χ2n) is 4.71. The van der Waals surface area contributed by atoms with E-state index in [-0.39, 0.29) is 11.8 Å². The molecule has 1 atom stereocenters. The molecule has 1 fully saturated rings. The summed E-state index contributed by atoms with van der Waals surface area (Å²) < 4.78 is 0.947. The van der Waals surface area contributed by atoms with E-state index in [0.29, 0.717) is 26.2 Å². The normalized spacial score (nSPS) is 16.9. The molecule has 0 saturated carbocycles. The zero-order valence-electron chi connectivity index (χ0n) is 11.2. The lowest BCUT2D eigenvalue weighted by atomic mass is 10.2. The molecule has 1 aromatic carbocycles. The fourth-order valence-electron chi connectivity index (χ4n) is 2.19. The molecule has 20 heavy (non-hydrogen) atoms. The number of hydrogen-bond donors (Lipinski definition) is 0. The van der Waals surface area contributed by atoms with Crippen LogP contribution in [0.2, 0.25) is 0 Å². The van der Waals surface area contributed by atoms with Gasteiger partial charge in [0.2, 0.25) is 5.91 Å². The van der Waals surface area contributed by atoms with E-state index in [0.717, 1.165) is 9.13 Å². The van der Waals surface area contributed by atoms with Gasteiger partial charge in [-0.05, 0) is 41.6 Å². The Morgan fingerprint density at radius 3 is 2.25 bits per heavy atom. The smallest absolute Gasteiger partial charge is 0.255 e. The van der Waals surface area contributed by atoms with Crippen molar-refractivity contribution in [1.29, 1.82) is 0 Å². The lowest BCUT2D eigenvalue weighted by Gasteiger charge is -2.35. The molecule has 1 saturated heterocycles. The van der Waals surface area contributed by atoms with Crippen LogP contribution in [0.1, 0.15) is 17.3 Å². The minimum absolute atomic E-state index is 0.0287. The minimum Gasteiger partial charge on any atom is -0.338 e. The number of halogens is 2. The van der Waals surface area contributed by atoms with E-state index >= 15 is 0 Å². The van der Waals surface area contributed by atoms with Crippen LogP contribution in [-0.2, 0) is 4.79 Å². The van der Waals surface area contributed by atoms with Crippen molar-refractivity contribution in [3.05, 3.63) is 33.4 Å². The van der Waals surface area contributed by atoms with Crippen molar-refractivity contribution in [2.24, 2.45) is 0 Å². The largest absolute Gasteiger partial charge is 0.338 e. The standard InChI is InChI=1S/C14H16ClIN2O2/c1-10(15)13(19)17-6-8-18(9-7-17)14(20)11-4-2-3-5-12(11)16/h2-5,10H,6-9H2,1H3. The van der Waals surface area contributed by atoms with Crippen molar-refractivity contribution < 1.29 is 9.59 Å². The molecule has 0 spiro atoms. The van der Waals surface area contributed by atoms with E-state index in [1.54, 1.807) is 16.7 Å². The summed E-state index contributed by atoms with van der Waals surface area (Å²) in [6, 6.07) is 7.53. The molecule has 0 radical (unpaired) electrons. The molecular weight excluding hydrogens is 391 g/mol. The minimum atomic E-state index is -0.507. The van der Waals surface area contributed by atoms with Gasteiger partial charge in [0.15, 0.2) is 0 Å². The molecule has 1 aliphatic heterocycles. The molecule has 1 aliphatic rings. The van der Waals surface area contributed by atoms with Gasteiger partial charge in [-0.2, -0.15) is 0 Å². The average molecular weight is 407 g/mol. The van der Waals surface area contributed by atoms with Crippen molar-refractivity contribution in [1.82, 2.24) is 9.80 Å². The number of carbonyl (C=O) groups is 2. The first-order chi connectivity index (χ1) is 9.50. The predicted octanol–water partition coefficient (Wildman–Crippen LogP) is 2.20. The Bertz CT molecular complexity index is 514. The van der Waals surface area contributed by atoms with E-state index < -0.39 is 5.38 Å². The Balaban J connectivity index is 1.99. The third-order valence-corrected chi connectivity index (χ3v) is 4.45. The first kappa shape index (κ1) is 15.6. The fraction of sp³-hybridized carbons (Fsp3) is 0.429. The van der Waals surface area contributed by atoms with Gasteiger partial charge in [-0.1, -0.05) is 12.1 Å². The van der Waals surface area contributed by atoms with Gasteiger partial charge in [0.1, 0.15) is 5.38 Å². The summed E-state index contributed by atoms with van der Waals surface area (Å²) in [7, 11) is 0. The van der Waals surface area contributed by atoms with Crippen LogP contribution in [0.5, 0.6) is 0 Å². The summed E-state index contributed by atoms with van der Waals surface area (Å²) in [5, 5.41) is -0.507. The Kier molecular flexibility index (Phi) is 5.26. The van der Waals surface area contributed by atoms with Crippen molar-refractivity contribution in [2.45, 2.75) is 12.3 Å². The second-order valence-corrected chi connectivity index (χ2v) is 6.53. The summed E-state index contributed by atoms with van der Waals surface area (Å²) >= 11 is 7.97. The van der Waals surface area contributed by atoms with Crippen LogP contribution < -0.4 is 0 Å². The lowest BCUT2D eigenvalue weighted by molar-refractivity contribution is -0.131. The predicted molar refractivity (Wildman–Crippen MR) is 87.0 cm³/mol. The monoisotopic (exact) mass is 406 g/mol. The molecule has 1 aromatic rings. The van der Waals surface area contributed by atoms with Gasteiger partial charge >= 0.3 is 0 Å². The van der Waals surface area contributed by atoms with Gasteiger partial charge in [-0.25, -0.2) is 0 Å². The Morgan fingerprint density at radius 1 is 1.15 bits per heavy atom. The second kappa shape index (κ2) is 6.76. The number of nitrogens with zero attached hydrogens (tertiary/aromatic N) is 2. The Morgan fingerprint density at radius 2 is 1.70 bits per heavy atom. The summed E-state index contributed by atoms with van der Waals surface area (Å²) in [5.41, 5.74) is 0.721. The maximum Gasteiger partial charge on any atom is 0.255 e. The number of amides is 2. The zero-order valence-corrected chi connectivity index (χ0v) is 14.1. The molecule has 1 heterocycles. The molecular formula is C14H16ClIN2O2. The highest BCUT2D eigenvalue weighted by molar-refractivity contribution is 14.1. The summed E-state index contributed by atoms with van der Waals surface area (Å²) in [6.45, 7) is 3.88. The molecule has 6 heteroatoms. The molecule has 0 bridgehead atoms. The highest BCUT2D eigenvalue weighted by atomic mass is 127. The highest BCUT2D eigenvalue weighted by Crippen LogP contribution is 2.16. The Labute approximate surface area is 137 Å². The number of carbonyl (C=O) groups excluding carboxylic acids is 2. The van der Waals surface area contributed by atoms with Gasteiger partial charge in [0.05, 0.1) is 5.56 Å². The third kappa shape index (κ3) is 3.44. The van der Waals surface area contributed by atoms with Crippen molar-refractivity contribution in [2.75, 3.05) is 26.2 Å². The maximum atomic E-state index is 12.4. The summed E-state index contributed by atoms with van der Waals surface area (Å²) in [6.07, 6.45) is 0. The third-order valence-electron chi connectivity index (χ3n) is 3.32. The number of benzene rings is 1. The molecule has 1 unspecified atom stereocenters. The molecule has 0 N–H and O–H groups in total. The van der Waals surface area contributed by atoms with E-state index in [2.05, 4.69) is 22.6 Å². The molecule has 108 valence electrons. The van der Waals surface area contributed by atoms with Crippen LogP contribution in [0.4, 0.5) is 0 Å². The quantitative estimate of drug-likeness (QED) is 0.558. The van der Waals surface area contributed by atoms with Gasteiger partial charge in [0.25, 0.3) is 5.91 Å². The van der Waals surface area contributed by atoms with Crippen LogP contribution in [0.15, 0.2) is 24.3 Å². The van der Waals surface area contributed by atoms with E-state index in [9.17, 15) is 9.59 Å². The van der Waals surface area contributed by atoms with E-state index in [4.69, 9.17) is 11.6 Å². The fourth-order valence-corrected chi connectivity index (χ4v) is 2.94. The van der Waals surface area contributed by atoms with Crippen LogP contribution in [-0.4, -0.2) is 53.2 Å². The molecule has 4 nitrogen and oxygen atoms in total. The van der Waals surface area contributed by atoms with Crippen LogP contribution in [0.3, 0.4) is 0 Å². The number of hydrogen-bond acceptors (Lipinski definition) is 2. The SMILES string of the molecule is CC(Cl)C(=O)N1CCN(C(=O)c2ccccc2I)CC1. The van der Waals surface area contributed by atoms with Gasteiger partial charge in [-0.15, -0.1) is 11.6 Å². The molecule has 0 aromatic heterocycles. The van der Waals surface area contributed by atoms with Crippen molar-refractivity contribution >= 4 is 46.0 Å². The first-order valence-electron chi connectivity index (χ1n) is 6.47. The molecule has 2 rings (SSSR count). The summed E-state index contributed by atoms with van der Waals surface area (Å²) in [4.78, 5) is 27.7. The number of rotatable bonds is 2. The van der Waals surface area contributed by atoms with Gasteiger partial charge < -0.3 is 9.80 Å². The Hall–Kier alpha value is -0.820. The number of alkyl halides is 1. The summed E-state index contributed by atoms with van der Waals surface area (Å²) in [5.74, 6) is -0.0333. The van der Waals surface area contributed by atoms with Crippen LogP contribution >= 0.6 is 34.2 Å². The van der Waals surface area contributed by atoms with E-state index in [1.165, 1.54) is 0 Å². The van der Waals surface area contributed by atoms with Gasteiger partial charge in [0, 0.05) is 29.7 Å². The lowest BCUT2D eigenvalue weighted by Crippen LogP contribution is -2.52. The molecule has 0 aliphatic carbocycles. The number of piperazine rings is 1. The van der Waals surface area contributed by atoms with E-state index in [1.807, 2.05) is 24.3 Å².